The SMILES string of the molecule is CC(C)(O)Cn1ccc(NC(=O)[C@@H](CC2CCCC2)n2ncc(Oc3cccc4c3CCCC4)cc2=O)n1. The Hall–Kier alpha value is -3.46. The Bertz CT molecular complexity index is 1330. The zero-order valence-electron chi connectivity index (χ0n) is 22.2. The first kappa shape index (κ1) is 26.2. The van der Waals surface area contributed by atoms with E-state index in [1.807, 2.05) is 12.1 Å². The number of aliphatic hydroxyl groups is 1. The number of hydrogen-bond acceptors (Lipinski definition) is 6. The minimum atomic E-state index is -0.932. The van der Waals surface area contributed by atoms with Crippen molar-refractivity contribution in [1.29, 1.82) is 0 Å². The highest BCUT2D eigenvalue weighted by atomic mass is 16.5. The van der Waals surface area contributed by atoms with E-state index in [0.717, 1.165) is 50.7 Å². The number of nitrogens with zero attached hydrogens (tertiary/aromatic N) is 4. The molecule has 9 heteroatoms. The highest BCUT2D eigenvalue weighted by Crippen LogP contribution is 2.34. The van der Waals surface area contributed by atoms with Crippen molar-refractivity contribution in [2.75, 3.05) is 5.32 Å². The fourth-order valence-electron chi connectivity index (χ4n) is 5.66. The van der Waals surface area contributed by atoms with Crippen LogP contribution in [0.4, 0.5) is 5.82 Å². The molecule has 5 rings (SSSR count). The smallest absolute Gasteiger partial charge is 0.271 e. The van der Waals surface area contributed by atoms with Gasteiger partial charge >= 0.3 is 0 Å². The molecule has 0 aliphatic heterocycles. The van der Waals surface area contributed by atoms with Crippen LogP contribution in [0.5, 0.6) is 11.5 Å². The van der Waals surface area contributed by atoms with Crippen molar-refractivity contribution in [2.45, 2.75) is 89.8 Å². The monoisotopic (exact) mass is 519 g/mol. The van der Waals surface area contributed by atoms with Gasteiger partial charge in [-0.1, -0.05) is 37.8 Å². The Labute approximate surface area is 222 Å². The van der Waals surface area contributed by atoms with Gasteiger partial charge in [-0.2, -0.15) is 10.2 Å². The summed E-state index contributed by atoms with van der Waals surface area (Å²) in [5.74, 6) is 1.54. The molecule has 2 aliphatic rings. The fourth-order valence-corrected chi connectivity index (χ4v) is 5.66. The van der Waals surface area contributed by atoms with Crippen LogP contribution in [0, 0.1) is 5.92 Å². The summed E-state index contributed by atoms with van der Waals surface area (Å²) in [7, 11) is 0. The van der Waals surface area contributed by atoms with Crippen LogP contribution in [-0.2, 0) is 24.2 Å². The van der Waals surface area contributed by atoms with Crippen LogP contribution in [0.1, 0.15) is 76.0 Å². The third-order valence-corrected chi connectivity index (χ3v) is 7.45. The molecule has 202 valence electrons. The third-order valence-electron chi connectivity index (χ3n) is 7.45. The van der Waals surface area contributed by atoms with E-state index in [1.165, 1.54) is 34.5 Å². The first-order valence-corrected chi connectivity index (χ1v) is 13.7. The zero-order valence-corrected chi connectivity index (χ0v) is 22.2. The molecule has 1 fully saturated rings. The lowest BCUT2D eigenvalue weighted by molar-refractivity contribution is -0.120. The molecule has 3 aromatic rings. The van der Waals surface area contributed by atoms with Gasteiger partial charge < -0.3 is 15.2 Å². The van der Waals surface area contributed by atoms with Gasteiger partial charge in [0.05, 0.1) is 18.3 Å². The van der Waals surface area contributed by atoms with Gasteiger partial charge in [-0.15, -0.1) is 0 Å². The number of ether oxygens (including phenoxy) is 1. The molecule has 1 saturated carbocycles. The Morgan fingerprint density at radius 1 is 1.18 bits per heavy atom. The maximum Gasteiger partial charge on any atom is 0.271 e. The first-order valence-electron chi connectivity index (χ1n) is 13.7. The van der Waals surface area contributed by atoms with Crippen LogP contribution in [0.2, 0.25) is 0 Å². The van der Waals surface area contributed by atoms with Crippen molar-refractivity contribution in [2.24, 2.45) is 5.92 Å². The van der Waals surface area contributed by atoms with Crippen LogP contribution < -0.4 is 15.6 Å². The number of rotatable bonds is 9. The molecule has 2 heterocycles. The first-order chi connectivity index (χ1) is 18.2. The zero-order chi connectivity index (χ0) is 26.7. The molecule has 2 aliphatic carbocycles. The maximum absolute atomic E-state index is 13.4. The van der Waals surface area contributed by atoms with Gasteiger partial charge in [-0.25, -0.2) is 4.68 Å². The number of nitrogens with one attached hydrogen (secondary N) is 1. The molecule has 0 bridgehead atoms. The van der Waals surface area contributed by atoms with E-state index >= 15 is 0 Å². The number of carbonyl (C=O) groups excluding carboxylic acids is 1. The van der Waals surface area contributed by atoms with Gasteiger partial charge in [0.25, 0.3) is 11.5 Å². The van der Waals surface area contributed by atoms with Gasteiger partial charge in [0, 0.05) is 18.3 Å². The lowest BCUT2D eigenvalue weighted by atomic mass is 9.91. The number of hydrogen-bond donors (Lipinski definition) is 2. The highest BCUT2D eigenvalue weighted by molar-refractivity contribution is 5.92. The molecule has 0 spiro atoms. The van der Waals surface area contributed by atoms with E-state index in [0.29, 0.717) is 30.5 Å². The lowest BCUT2D eigenvalue weighted by Gasteiger charge is -2.22. The minimum absolute atomic E-state index is 0.293. The van der Waals surface area contributed by atoms with E-state index in [1.54, 1.807) is 30.8 Å². The van der Waals surface area contributed by atoms with Gasteiger partial charge in [0.15, 0.2) is 11.6 Å². The van der Waals surface area contributed by atoms with Crippen LogP contribution in [0.3, 0.4) is 0 Å². The molecular formula is C29H37N5O4. The van der Waals surface area contributed by atoms with Crippen LogP contribution in [-0.4, -0.2) is 36.2 Å². The molecule has 1 atom stereocenters. The van der Waals surface area contributed by atoms with Crippen molar-refractivity contribution in [3.8, 4) is 11.5 Å². The number of carbonyl (C=O) groups is 1. The molecule has 1 amide bonds. The summed E-state index contributed by atoms with van der Waals surface area (Å²) in [6, 6.07) is 8.40. The van der Waals surface area contributed by atoms with E-state index in [2.05, 4.69) is 21.6 Å². The fraction of sp³-hybridized carbons (Fsp3) is 0.517. The molecule has 2 N–H and O–H groups in total. The Balaban J connectivity index is 1.36. The Kier molecular flexibility index (Phi) is 7.65. The molecular weight excluding hydrogens is 482 g/mol. The number of anilines is 1. The second-order valence-corrected chi connectivity index (χ2v) is 11.3. The second kappa shape index (κ2) is 11.1. The van der Waals surface area contributed by atoms with E-state index < -0.39 is 11.6 Å². The summed E-state index contributed by atoms with van der Waals surface area (Å²) in [5.41, 5.74) is 1.19. The molecule has 0 radical (unpaired) electrons. The van der Waals surface area contributed by atoms with Gasteiger partial charge in [0.1, 0.15) is 11.8 Å². The Morgan fingerprint density at radius 3 is 2.74 bits per heavy atom. The largest absolute Gasteiger partial charge is 0.455 e. The van der Waals surface area contributed by atoms with E-state index in [4.69, 9.17) is 4.74 Å². The van der Waals surface area contributed by atoms with Crippen LogP contribution >= 0.6 is 0 Å². The predicted octanol–water partition coefficient (Wildman–Crippen LogP) is 4.64. The van der Waals surface area contributed by atoms with Crippen LogP contribution in [0.25, 0.3) is 0 Å². The molecule has 9 nitrogen and oxygen atoms in total. The van der Waals surface area contributed by atoms with Crippen LogP contribution in [0.15, 0.2) is 47.5 Å². The summed E-state index contributed by atoms with van der Waals surface area (Å²) in [5, 5.41) is 21.7. The minimum Gasteiger partial charge on any atom is -0.455 e. The number of amides is 1. The average molecular weight is 520 g/mol. The normalized spacial score (nSPS) is 16.7. The molecule has 1 aromatic carbocycles. The van der Waals surface area contributed by atoms with Gasteiger partial charge in [0.2, 0.25) is 0 Å². The van der Waals surface area contributed by atoms with Gasteiger partial charge in [-0.3, -0.25) is 14.3 Å². The molecule has 2 aromatic heterocycles. The number of benzene rings is 1. The summed E-state index contributed by atoms with van der Waals surface area (Å²) in [4.78, 5) is 26.7. The standard InChI is InChI=1S/C29H37N5O4/c1-29(2,37)19-33-15-14-26(32-33)31-28(36)24(16-20-8-3-4-9-20)34-27(35)17-22(18-30-34)38-25-13-7-11-21-10-5-6-12-23(21)25/h7,11,13-15,17-18,20,24,37H,3-6,8-10,12,16,19H2,1-2H3,(H,31,32,36)/t24-/m1/s1. The molecule has 0 saturated heterocycles. The van der Waals surface area contributed by atoms with E-state index in [9.17, 15) is 14.7 Å². The maximum atomic E-state index is 13.4. The summed E-state index contributed by atoms with van der Waals surface area (Å²) >= 11 is 0. The summed E-state index contributed by atoms with van der Waals surface area (Å²) in [6.45, 7) is 3.69. The van der Waals surface area contributed by atoms with E-state index in [-0.39, 0.29) is 11.5 Å². The van der Waals surface area contributed by atoms with Crippen molar-refractivity contribution < 1.29 is 14.6 Å². The summed E-state index contributed by atoms with van der Waals surface area (Å²) < 4.78 is 8.97. The quantitative estimate of drug-likeness (QED) is 0.426. The highest BCUT2D eigenvalue weighted by Gasteiger charge is 2.29. The topological polar surface area (TPSA) is 111 Å². The lowest BCUT2D eigenvalue weighted by Crippen LogP contribution is -2.36. The predicted molar refractivity (Wildman–Crippen MR) is 144 cm³/mol. The number of fused-ring (bicyclic) bond motifs is 1. The van der Waals surface area contributed by atoms with Gasteiger partial charge in [-0.05, 0) is 69.1 Å². The van der Waals surface area contributed by atoms with Crippen molar-refractivity contribution in [3.05, 3.63) is 64.2 Å². The number of aryl methyl sites for hydroxylation is 1. The summed E-state index contributed by atoms with van der Waals surface area (Å²) in [6.07, 6.45) is 12.4. The van der Waals surface area contributed by atoms with Crippen molar-refractivity contribution >= 4 is 11.7 Å². The molecule has 38 heavy (non-hydrogen) atoms. The third kappa shape index (κ3) is 6.32. The molecule has 0 unspecified atom stereocenters. The van der Waals surface area contributed by atoms with Crippen molar-refractivity contribution in [3.63, 3.8) is 0 Å². The number of aromatic nitrogens is 4. The average Bonchev–Trinajstić information content (AvgIpc) is 3.54. The second-order valence-electron chi connectivity index (χ2n) is 11.3. The Morgan fingerprint density at radius 2 is 1.97 bits per heavy atom. The van der Waals surface area contributed by atoms with Crippen molar-refractivity contribution in [1.82, 2.24) is 19.6 Å².